The molecule has 1 saturated heterocycles. The maximum atomic E-state index is 3.80. The third-order valence-electron chi connectivity index (χ3n) is 4.90. The van der Waals surface area contributed by atoms with Crippen molar-refractivity contribution < 1.29 is 0 Å². The van der Waals surface area contributed by atoms with Crippen molar-refractivity contribution in [2.24, 2.45) is 5.92 Å². The molecule has 4 heteroatoms. The molecule has 0 bridgehead atoms. The fraction of sp³-hybridized carbons (Fsp3) is 0.733. The van der Waals surface area contributed by atoms with E-state index in [4.69, 9.17) is 0 Å². The van der Waals surface area contributed by atoms with E-state index in [0.29, 0.717) is 5.54 Å². The van der Waals surface area contributed by atoms with Crippen LogP contribution in [0.4, 0.5) is 0 Å². The minimum absolute atomic E-state index is 0.300. The van der Waals surface area contributed by atoms with Gasteiger partial charge in [0.15, 0.2) is 0 Å². The quantitative estimate of drug-likeness (QED) is 0.893. The molecule has 1 aromatic rings. The molecule has 1 aliphatic carbocycles. The number of hydrogen-bond acceptors (Lipinski definition) is 3. The largest absolute Gasteiger partial charge is 0.311 e. The molecule has 1 aromatic heterocycles. The predicted octanol–water partition coefficient (Wildman–Crippen LogP) is 3.86. The van der Waals surface area contributed by atoms with Crippen molar-refractivity contribution in [1.29, 1.82) is 0 Å². The Morgan fingerprint density at radius 2 is 2.32 bits per heavy atom. The van der Waals surface area contributed by atoms with E-state index in [0.717, 1.165) is 25.0 Å². The molecule has 0 spiro atoms. The van der Waals surface area contributed by atoms with Crippen LogP contribution in [0.15, 0.2) is 15.9 Å². The van der Waals surface area contributed by atoms with Gasteiger partial charge in [0.25, 0.3) is 0 Å². The summed E-state index contributed by atoms with van der Waals surface area (Å²) in [5, 5.41) is 5.98. The number of halogens is 1. The maximum absolute atomic E-state index is 3.80. The molecule has 2 atom stereocenters. The summed E-state index contributed by atoms with van der Waals surface area (Å²) >= 11 is 5.55. The van der Waals surface area contributed by atoms with E-state index >= 15 is 0 Å². The van der Waals surface area contributed by atoms with E-state index in [9.17, 15) is 0 Å². The van der Waals surface area contributed by atoms with Gasteiger partial charge in [0.05, 0.1) is 0 Å². The molecule has 2 nitrogen and oxygen atoms in total. The molecule has 1 saturated carbocycles. The van der Waals surface area contributed by atoms with Gasteiger partial charge in [-0.1, -0.05) is 6.92 Å². The normalized spacial score (nSPS) is 32.7. The lowest BCUT2D eigenvalue weighted by atomic mass is 9.91. The number of nitrogens with zero attached hydrogens (tertiary/aromatic N) is 1. The van der Waals surface area contributed by atoms with Crippen molar-refractivity contribution in [1.82, 2.24) is 10.2 Å². The highest BCUT2D eigenvalue weighted by Gasteiger charge is 2.41. The molecule has 0 aromatic carbocycles. The predicted molar refractivity (Wildman–Crippen MR) is 85.6 cm³/mol. The Morgan fingerprint density at radius 3 is 2.89 bits per heavy atom. The summed E-state index contributed by atoms with van der Waals surface area (Å²) in [6.07, 6.45) is 4.06. The van der Waals surface area contributed by atoms with Crippen molar-refractivity contribution in [2.75, 3.05) is 13.1 Å². The zero-order chi connectivity index (χ0) is 13.5. The summed E-state index contributed by atoms with van der Waals surface area (Å²) in [7, 11) is 0. The Kier molecular flexibility index (Phi) is 4.05. The lowest BCUT2D eigenvalue weighted by molar-refractivity contribution is 0.0376. The summed E-state index contributed by atoms with van der Waals surface area (Å²) in [5.74, 6) is 0.940. The van der Waals surface area contributed by atoms with Crippen LogP contribution >= 0.6 is 27.3 Å². The lowest BCUT2D eigenvalue weighted by Crippen LogP contribution is -2.63. The Bertz CT molecular complexity index is 443. The third-order valence-corrected chi connectivity index (χ3v) is 6.81. The zero-order valence-corrected chi connectivity index (χ0v) is 14.2. The van der Waals surface area contributed by atoms with Crippen molar-refractivity contribution in [3.63, 3.8) is 0 Å². The molecular weight excluding hydrogens is 320 g/mol. The Labute approximate surface area is 128 Å². The third kappa shape index (κ3) is 2.92. The molecule has 0 amide bonds. The zero-order valence-electron chi connectivity index (χ0n) is 11.8. The molecule has 19 heavy (non-hydrogen) atoms. The van der Waals surface area contributed by atoms with Gasteiger partial charge in [0.2, 0.25) is 0 Å². The first-order valence-electron chi connectivity index (χ1n) is 7.32. The maximum Gasteiger partial charge on any atom is 0.0345 e. The first kappa shape index (κ1) is 14.1. The van der Waals surface area contributed by atoms with E-state index in [1.54, 1.807) is 0 Å². The average Bonchev–Trinajstić information content (AvgIpc) is 3.18. The van der Waals surface area contributed by atoms with E-state index in [1.165, 1.54) is 35.2 Å². The van der Waals surface area contributed by atoms with Gasteiger partial charge in [-0.3, -0.25) is 4.90 Å². The molecule has 1 aliphatic heterocycles. The number of hydrogen-bond donors (Lipinski definition) is 1. The van der Waals surface area contributed by atoms with Gasteiger partial charge in [-0.2, -0.15) is 0 Å². The molecule has 2 heterocycles. The van der Waals surface area contributed by atoms with E-state index in [2.05, 4.69) is 51.4 Å². The number of nitrogens with one attached hydrogen (secondary N) is 1. The van der Waals surface area contributed by atoms with Crippen LogP contribution < -0.4 is 5.32 Å². The van der Waals surface area contributed by atoms with Crippen LogP contribution in [0.2, 0.25) is 0 Å². The van der Waals surface area contributed by atoms with Crippen LogP contribution in [0.5, 0.6) is 0 Å². The molecule has 0 radical (unpaired) electrons. The second kappa shape index (κ2) is 5.47. The van der Waals surface area contributed by atoms with Crippen LogP contribution in [0.25, 0.3) is 0 Å². The summed E-state index contributed by atoms with van der Waals surface area (Å²) in [5.41, 5.74) is 0.300. The Morgan fingerprint density at radius 1 is 1.53 bits per heavy atom. The highest BCUT2D eigenvalue weighted by atomic mass is 79.9. The number of rotatable bonds is 4. The first-order valence-corrected chi connectivity index (χ1v) is 9.00. The lowest BCUT2D eigenvalue weighted by Gasteiger charge is -2.48. The minimum Gasteiger partial charge on any atom is -0.311 e. The summed E-state index contributed by atoms with van der Waals surface area (Å²) in [6, 6.07) is 2.89. The van der Waals surface area contributed by atoms with Gasteiger partial charge in [0.1, 0.15) is 0 Å². The van der Waals surface area contributed by atoms with Gasteiger partial charge in [-0.15, -0.1) is 11.3 Å². The summed E-state index contributed by atoms with van der Waals surface area (Å²) < 4.78 is 1.28. The highest BCUT2D eigenvalue weighted by molar-refractivity contribution is 9.10. The summed E-state index contributed by atoms with van der Waals surface area (Å²) in [4.78, 5) is 4.18. The van der Waals surface area contributed by atoms with Crippen LogP contribution in [-0.2, 0) is 6.54 Å². The van der Waals surface area contributed by atoms with Crippen LogP contribution in [-0.4, -0.2) is 29.6 Å². The molecule has 3 rings (SSSR count). The molecule has 106 valence electrons. The van der Waals surface area contributed by atoms with Crippen LogP contribution in [0, 0.1) is 5.92 Å². The highest BCUT2D eigenvalue weighted by Crippen LogP contribution is 2.37. The Balaban J connectivity index is 1.75. The summed E-state index contributed by atoms with van der Waals surface area (Å²) in [6.45, 7) is 8.15. The van der Waals surface area contributed by atoms with Crippen LogP contribution in [0.3, 0.4) is 0 Å². The van der Waals surface area contributed by atoms with E-state index in [-0.39, 0.29) is 0 Å². The Hall–Kier alpha value is 0.100. The van der Waals surface area contributed by atoms with Gasteiger partial charge in [0, 0.05) is 40.6 Å². The number of piperazine rings is 1. The van der Waals surface area contributed by atoms with Gasteiger partial charge < -0.3 is 5.32 Å². The fourth-order valence-corrected chi connectivity index (χ4v) is 4.51. The van der Waals surface area contributed by atoms with Crippen LogP contribution in [0.1, 0.15) is 38.0 Å². The van der Waals surface area contributed by atoms with Crippen molar-refractivity contribution in [3.8, 4) is 0 Å². The van der Waals surface area contributed by atoms with E-state index < -0.39 is 0 Å². The van der Waals surface area contributed by atoms with Crippen molar-refractivity contribution in [3.05, 3.63) is 20.8 Å². The SMILES string of the molecule is CCC1(C)CNC(C2CC2)CN1Cc1sccc1Br. The van der Waals surface area contributed by atoms with Gasteiger partial charge in [-0.25, -0.2) is 0 Å². The topological polar surface area (TPSA) is 15.3 Å². The fourth-order valence-electron chi connectivity index (χ4n) is 3.01. The second-order valence-electron chi connectivity index (χ2n) is 6.25. The standard InChI is InChI=1S/C15H23BrN2S/c1-3-15(2)10-17-13(11-4-5-11)8-18(15)9-14-12(16)6-7-19-14/h6-7,11,13,17H,3-5,8-10H2,1-2H3. The molecule has 1 N–H and O–H groups in total. The van der Waals surface area contributed by atoms with E-state index in [1.807, 2.05) is 11.3 Å². The van der Waals surface area contributed by atoms with Gasteiger partial charge >= 0.3 is 0 Å². The number of thiophene rings is 1. The molecular formula is C15H23BrN2S. The smallest absolute Gasteiger partial charge is 0.0345 e. The molecule has 2 aliphatic rings. The average molecular weight is 343 g/mol. The second-order valence-corrected chi connectivity index (χ2v) is 8.10. The molecule has 2 fully saturated rings. The van der Waals surface area contributed by atoms with Gasteiger partial charge in [-0.05, 0) is 59.5 Å². The first-order chi connectivity index (χ1) is 9.12. The minimum atomic E-state index is 0.300. The molecule has 2 unspecified atom stereocenters. The monoisotopic (exact) mass is 342 g/mol. The van der Waals surface area contributed by atoms with Crippen molar-refractivity contribution in [2.45, 2.75) is 51.2 Å². The van der Waals surface area contributed by atoms with Crippen molar-refractivity contribution >= 4 is 27.3 Å².